The largest absolute Gasteiger partial charge is 0.493 e. The quantitative estimate of drug-likeness (QED) is 0.203. The van der Waals surface area contributed by atoms with E-state index < -0.39 is 23.8 Å². The van der Waals surface area contributed by atoms with Crippen LogP contribution in [0.15, 0.2) is 66.7 Å². The lowest BCUT2D eigenvalue weighted by molar-refractivity contribution is -0.143. The predicted molar refractivity (Wildman–Crippen MR) is 164 cm³/mol. The summed E-state index contributed by atoms with van der Waals surface area (Å²) in [5.74, 6) is -1.87. The molecule has 3 aromatic carbocycles. The molecule has 0 heterocycles. The summed E-state index contributed by atoms with van der Waals surface area (Å²) < 4.78 is 11.9. The standard InChI is InChI=1S/C35H41NO7/c1-35(2,3)27-14-9-24(10-15-27)22-43-29-16-11-23(12-17-29)6-5-19-42-31-18-13-26(34(40)41)21-30(31)32(37)36-28-8-4-7-25(20-28)33(38)39/h9-18,21,25,28H,4-8,19-20,22H2,1-3H3,(H,36,37)(H,38,39)(H,40,41). The van der Waals surface area contributed by atoms with Gasteiger partial charge in [0.05, 0.1) is 23.7 Å². The van der Waals surface area contributed by atoms with Crippen LogP contribution >= 0.6 is 0 Å². The van der Waals surface area contributed by atoms with E-state index in [-0.39, 0.29) is 22.6 Å². The van der Waals surface area contributed by atoms with Crippen LogP contribution in [-0.4, -0.2) is 40.7 Å². The van der Waals surface area contributed by atoms with E-state index in [4.69, 9.17) is 9.47 Å². The van der Waals surface area contributed by atoms with Crippen molar-refractivity contribution >= 4 is 17.8 Å². The summed E-state index contributed by atoms with van der Waals surface area (Å²) in [5.41, 5.74) is 3.75. The van der Waals surface area contributed by atoms with Crippen molar-refractivity contribution < 1.29 is 34.1 Å². The van der Waals surface area contributed by atoms with Gasteiger partial charge in [0, 0.05) is 6.04 Å². The van der Waals surface area contributed by atoms with Crippen molar-refractivity contribution in [3.8, 4) is 11.5 Å². The molecule has 1 aliphatic carbocycles. The summed E-state index contributed by atoms with van der Waals surface area (Å²) >= 11 is 0. The minimum Gasteiger partial charge on any atom is -0.493 e. The van der Waals surface area contributed by atoms with Crippen LogP contribution in [0.1, 0.15) is 90.3 Å². The third-order valence-electron chi connectivity index (χ3n) is 7.85. The highest BCUT2D eigenvalue weighted by Gasteiger charge is 2.29. The predicted octanol–water partition coefficient (Wildman–Crippen LogP) is 6.65. The lowest BCUT2D eigenvalue weighted by Crippen LogP contribution is -2.40. The lowest BCUT2D eigenvalue weighted by atomic mass is 9.85. The van der Waals surface area contributed by atoms with E-state index in [0.717, 1.165) is 23.3 Å². The molecule has 228 valence electrons. The number of carboxylic acids is 2. The van der Waals surface area contributed by atoms with Crippen LogP contribution in [0.2, 0.25) is 0 Å². The number of aromatic carboxylic acids is 1. The molecule has 2 atom stereocenters. The molecule has 8 nitrogen and oxygen atoms in total. The summed E-state index contributed by atoms with van der Waals surface area (Å²) in [7, 11) is 0. The summed E-state index contributed by atoms with van der Waals surface area (Å²) in [6.07, 6.45) is 3.77. The Balaban J connectivity index is 1.28. The Hall–Kier alpha value is -4.33. The van der Waals surface area contributed by atoms with E-state index in [1.165, 1.54) is 23.8 Å². The maximum atomic E-state index is 13.1. The number of carbonyl (C=O) groups excluding carboxylic acids is 1. The second-order valence-electron chi connectivity index (χ2n) is 12.2. The Bertz CT molecular complexity index is 1410. The number of rotatable bonds is 12. The maximum absolute atomic E-state index is 13.1. The van der Waals surface area contributed by atoms with Crippen molar-refractivity contribution in [2.75, 3.05) is 6.61 Å². The summed E-state index contributed by atoms with van der Waals surface area (Å²) in [4.78, 5) is 36.1. The van der Waals surface area contributed by atoms with Crippen LogP contribution in [0.3, 0.4) is 0 Å². The van der Waals surface area contributed by atoms with Gasteiger partial charge in [0.25, 0.3) is 5.91 Å². The fourth-order valence-electron chi connectivity index (χ4n) is 5.25. The number of aliphatic carboxylic acids is 1. The molecule has 0 aromatic heterocycles. The minimum atomic E-state index is -1.14. The molecule has 2 unspecified atom stereocenters. The molecule has 1 fully saturated rings. The van der Waals surface area contributed by atoms with Gasteiger partial charge in [-0.3, -0.25) is 9.59 Å². The molecule has 3 N–H and O–H groups in total. The van der Waals surface area contributed by atoms with Gasteiger partial charge < -0.3 is 25.0 Å². The van der Waals surface area contributed by atoms with Gasteiger partial charge in [0.2, 0.25) is 0 Å². The van der Waals surface area contributed by atoms with E-state index in [2.05, 4.69) is 50.4 Å². The van der Waals surface area contributed by atoms with Crippen LogP contribution in [0, 0.1) is 5.92 Å². The first-order valence-corrected chi connectivity index (χ1v) is 14.8. The zero-order chi connectivity index (χ0) is 31.0. The zero-order valence-electron chi connectivity index (χ0n) is 25.1. The highest BCUT2D eigenvalue weighted by molar-refractivity contribution is 6.00. The first-order valence-electron chi connectivity index (χ1n) is 14.8. The summed E-state index contributed by atoms with van der Waals surface area (Å²) in [6, 6.07) is 20.4. The molecule has 0 aliphatic heterocycles. The smallest absolute Gasteiger partial charge is 0.335 e. The van der Waals surface area contributed by atoms with Crippen molar-refractivity contribution in [3.05, 3.63) is 94.5 Å². The molecule has 8 heteroatoms. The van der Waals surface area contributed by atoms with Gasteiger partial charge >= 0.3 is 11.9 Å². The molecule has 0 saturated heterocycles. The molecular formula is C35H41NO7. The van der Waals surface area contributed by atoms with E-state index in [1.54, 1.807) is 0 Å². The SMILES string of the molecule is CC(C)(C)c1ccc(COc2ccc(CCCOc3ccc(C(=O)O)cc3C(=O)NC3CCCC(C(=O)O)C3)cc2)cc1. The number of carboxylic acid groups (broad SMARTS) is 2. The van der Waals surface area contributed by atoms with Gasteiger partial charge in [0.15, 0.2) is 0 Å². The number of hydrogen-bond donors (Lipinski definition) is 3. The molecule has 3 aromatic rings. The second kappa shape index (κ2) is 14.2. The van der Waals surface area contributed by atoms with E-state index >= 15 is 0 Å². The Morgan fingerprint density at radius 3 is 2.23 bits per heavy atom. The van der Waals surface area contributed by atoms with Crippen molar-refractivity contribution in [1.82, 2.24) is 5.32 Å². The van der Waals surface area contributed by atoms with Crippen LogP contribution in [0.4, 0.5) is 0 Å². The van der Waals surface area contributed by atoms with Crippen LogP contribution < -0.4 is 14.8 Å². The Kier molecular flexibility index (Phi) is 10.5. The monoisotopic (exact) mass is 587 g/mol. The minimum absolute atomic E-state index is 0.0196. The van der Waals surface area contributed by atoms with E-state index in [1.807, 2.05) is 24.3 Å². The normalized spacial score (nSPS) is 16.7. The van der Waals surface area contributed by atoms with Crippen LogP contribution in [0.25, 0.3) is 0 Å². The fourth-order valence-corrected chi connectivity index (χ4v) is 5.25. The third kappa shape index (κ3) is 9.08. The van der Waals surface area contributed by atoms with Gasteiger partial charge in [-0.15, -0.1) is 0 Å². The molecule has 43 heavy (non-hydrogen) atoms. The molecule has 0 spiro atoms. The summed E-state index contributed by atoms with van der Waals surface area (Å²) in [5, 5.41) is 21.7. The van der Waals surface area contributed by atoms with Crippen molar-refractivity contribution in [2.45, 2.75) is 77.4 Å². The molecular weight excluding hydrogens is 546 g/mol. The number of aryl methyl sites for hydroxylation is 1. The van der Waals surface area contributed by atoms with Gasteiger partial charge in [-0.25, -0.2) is 4.79 Å². The topological polar surface area (TPSA) is 122 Å². The van der Waals surface area contributed by atoms with Crippen molar-refractivity contribution in [2.24, 2.45) is 5.92 Å². The lowest BCUT2D eigenvalue weighted by Gasteiger charge is -2.27. The van der Waals surface area contributed by atoms with Gasteiger partial charge in [-0.2, -0.15) is 0 Å². The third-order valence-corrected chi connectivity index (χ3v) is 7.85. The molecule has 1 amide bonds. The van der Waals surface area contributed by atoms with Gasteiger partial charge in [0.1, 0.15) is 18.1 Å². The highest BCUT2D eigenvalue weighted by Crippen LogP contribution is 2.27. The van der Waals surface area contributed by atoms with E-state index in [0.29, 0.717) is 51.1 Å². The summed E-state index contributed by atoms with van der Waals surface area (Å²) in [6.45, 7) is 7.41. The first-order chi connectivity index (χ1) is 20.5. The average molecular weight is 588 g/mol. The van der Waals surface area contributed by atoms with Crippen LogP contribution in [0.5, 0.6) is 11.5 Å². The number of nitrogens with one attached hydrogen (secondary N) is 1. The molecule has 1 aliphatic rings. The van der Waals surface area contributed by atoms with Crippen molar-refractivity contribution in [3.63, 3.8) is 0 Å². The maximum Gasteiger partial charge on any atom is 0.335 e. The van der Waals surface area contributed by atoms with Crippen LogP contribution in [-0.2, 0) is 23.2 Å². The van der Waals surface area contributed by atoms with E-state index in [9.17, 15) is 24.6 Å². The Morgan fingerprint density at radius 2 is 1.58 bits per heavy atom. The zero-order valence-corrected chi connectivity index (χ0v) is 25.1. The van der Waals surface area contributed by atoms with Crippen molar-refractivity contribution in [1.29, 1.82) is 0 Å². The number of ether oxygens (including phenoxy) is 2. The number of benzene rings is 3. The molecule has 0 bridgehead atoms. The number of carbonyl (C=O) groups is 3. The first kappa shape index (κ1) is 31.6. The van der Waals surface area contributed by atoms with Gasteiger partial charge in [-0.05, 0) is 84.5 Å². The average Bonchev–Trinajstić information content (AvgIpc) is 2.98. The number of hydrogen-bond acceptors (Lipinski definition) is 5. The molecule has 1 saturated carbocycles. The van der Waals surface area contributed by atoms with Gasteiger partial charge in [-0.1, -0.05) is 63.6 Å². The number of amides is 1. The fraction of sp³-hybridized carbons (Fsp3) is 0.400. The Labute approximate surface area is 253 Å². The highest BCUT2D eigenvalue weighted by atomic mass is 16.5. The Morgan fingerprint density at radius 1 is 0.884 bits per heavy atom. The molecule has 4 rings (SSSR count). The molecule has 0 radical (unpaired) electrons. The second-order valence-corrected chi connectivity index (χ2v) is 12.2.